The zero-order chi connectivity index (χ0) is 10.4. The van der Waals surface area contributed by atoms with E-state index in [-0.39, 0.29) is 6.10 Å². The molecule has 0 spiro atoms. The van der Waals surface area contributed by atoms with E-state index in [1.54, 1.807) is 6.92 Å². The van der Waals surface area contributed by atoms with Crippen molar-refractivity contribution in [1.29, 1.82) is 0 Å². The monoisotopic (exact) mass is 186 g/mol. The molecule has 1 unspecified atom stereocenters. The van der Waals surface area contributed by atoms with E-state index in [4.69, 9.17) is 9.47 Å². The quantitative estimate of drug-likeness (QED) is 0.375. The normalized spacial score (nSPS) is 12.7. The Morgan fingerprint density at radius 3 is 2.31 bits per heavy atom. The Hall–Kier alpha value is -0.830. The number of esters is 1. The highest BCUT2D eigenvalue weighted by molar-refractivity contribution is 5.86. The predicted octanol–water partition coefficient (Wildman–Crippen LogP) is 2.27. The molecule has 0 aliphatic rings. The van der Waals surface area contributed by atoms with Crippen molar-refractivity contribution in [3.63, 3.8) is 0 Å². The van der Waals surface area contributed by atoms with E-state index in [1.807, 2.05) is 20.8 Å². The van der Waals surface area contributed by atoms with Crippen molar-refractivity contribution < 1.29 is 14.3 Å². The third kappa shape index (κ3) is 5.42. The van der Waals surface area contributed by atoms with Crippen LogP contribution in [0.5, 0.6) is 0 Å². The summed E-state index contributed by atoms with van der Waals surface area (Å²) in [5.41, 5.74) is 0.394. The van der Waals surface area contributed by atoms with Gasteiger partial charge in [-0.1, -0.05) is 13.5 Å². The fraction of sp³-hybridized carbons (Fsp3) is 0.700. The molecule has 0 saturated carbocycles. The number of hydrogen-bond donors (Lipinski definition) is 0. The largest absolute Gasteiger partial charge is 0.432 e. The Bertz CT molecular complexity index is 185. The van der Waals surface area contributed by atoms with E-state index in [0.717, 1.165) is 0 Å². The van der Waals surface area contributed by atoms with Crippen molar-refractivity contribution in [3.8, 4) is 0 Å². The fourth-order valence-electron chi connectivity index (χ4n) is 0.731. The minimum Gasteiger partial charge on any atom is -0.432 e. The number of carbonyl (C=O) groups is 1. The molecule has 0 N–H and O–H groups in total. The van der Waals surface area contributed by atoms with Gasteiger partial charge in [0, 0.05) is 12.0 Å². The maximum Gasteiger partial charge on any atom is 0.335 e. The Morgan fingerprint density at radius 1 is 1.46 bits per heavy atom. The summed E-state index contributed by atoms with van der Waals surface area (Å²) in [5.74, 6) is -0.396. The Kier molecular flexibility index (Phi) is 5.39. The lowest BCUT2D eigenvalue weighted by Gasteiger charge is -2.18. The van der Waals surface area contributed by atoms with Crippen molar-refractivity contribution in [2.45, 2.75) is 46.5 Å². The molecule has 0 aliphatic heterocycles. The second-order valence-corrected chi connectivity index (χ2v) is 3.21. The first-order chi connectivity index (χ1) is 5.97. The summed E-state index contributed by atoms with van der Waals surface area (Å²) < 4.78 is 10.3. The molecule has 0 aromatic rings. The smallest absolute Gasteiger partial charge is 0.335 e. The lowest BCUT2D eigenvalue weighted by atomic mass is 10.3. The summed E-state index contributed by atoms with van der Waals surface area (Å²) in [4.78, 5) is 11.1. The highest BCUT2D eigenvalue weighted by atomic mass is 16.7. The van der Waals surface area contributed by atoms with Gasteiger partial charge < -0.3 is 9.47 Å². The van der Waals surface area contributed by atoms with Crippen LogP contribution < -0.4 is 0 Å². The first-order valence-electron chi connectivity index (χ1n) is 4.49. The average Bonchev–Trinajstić information content (AvgIpc) is 2.02. The summed E-state index contributed by atoms with van der Waals surface area (Å²) in [7, 11) is 0. The van der Waals surface area contributed by atoms with E-state index in [2.05, 4.69) is 6.58 Å². The lowest BCUT2D eigenvalue weighted by Crippen LogP contribution is -2.24. The van der Waals surface area contributed by atoms with Crippen LogP contribution in [0.25, 0.3) is 0 Å². The van der Waals surface area contributed by atoms with Crippen LogP contribution in [-0.2, 0) is 14.3 Å². The van der Waals surface area contributed by atoms with Crippen LogP contribution >= 0.6 is 0 Å². The van der Waals surface area contributed by atoms with Gasteiger partial charge in [-0.25, -0.2) is 4.79 Å². The summed E-state index contributed by atoms with van der Waals surface area (Å²) in [6.07, 6.45) is 0.254. The molecule has 0 heterocycles. The van der Waals surface area contributed by atoms with Gasteiger partial charge in [0.2, 0.25) is 6.29 Å². The van der Waals surface area contributed by atoms with E-state index in [9.17, 15) is 4.79 Å². The van der Waals surface area contributed by atoms with E-state index in [1.165, 1.54) is 0 Å². The second-order valence-electron chi connectivity index (χ2n) is 3.21. The highest BCUT2D eigenvalue weighted by Gasteiger charge is 2.14. The molecule has 0 aromatic heterocycles. The SMILES string of the molecule is C=C(C)C(=O)OC(CC)OC(C)C. The molecule has 13 heavy (non-hydrogen) atoms. The van der Waals surface area contributed by atoms with Crippen molar-refractivity contribution in [3.05, 3.63) is 12.2 Å². The van der Waals surface area contributed by atoms with E-state index < -0.39 is 12.3 Å². The summed E-state index contributed by atoms with van der Waals surface area (Å²) in [6, 6.07) is 0. The van der Waals surface area contributed by atoms with Gasteiger partial charge in [-0.15, -0.1) is 0 Å². The van der Waals surface area contributed by atoms with Crippen LogP contribution in [0.3, 0.4) is 0 Å². The molecule has 3 heteroatoms. The van der Waals surface area contributed by atoms with Crippen LogP contribution in [-0.4, -0.2) is 18.4 Å². The van der Waals surface area contributed by atoms with Gasteiger partial charge in [-0.3, -0.25) is 0 Å². The van der Waals surface area contributed by atoms with Gasteiger partial charge in [0.05, 0.1) is 6.10 Å². The Balaban J connectivity index is 3.97. The molecule has 1 atom stereocenters. The molecule has 0 bridgehead atoms. The van der Waals surface area contributed by atoms with E-state index in [0.29, 0.717) is 12.0 Å². The molecule has 0 rings (SSSR count). The van der Waals surface area contributed by atoms with Crippen molar-refractivity contribution >= 4 is 5.97 Å². The summed E-state index contributed by atoms with van der Waals surface area (Å²) >= 11 is 0. The average molecular weight is 186 g/mol. The molecule has 76 valence electrons. The molecule has 0 amide bonds. The van der Waals surface area contributed by atoms with Gasteiger partial charge in [0.1, 0.15) is 0 Å². The van der Waals surface area contributed by atoms with Crippen LogP contribution in [0.4, 0.5) is 0 Å². The Morgan fingerprint density at radius 2 is 2.00 bits per heavy atom. The van der Waals surface area contributed by atoms with Crippen LogP contribution in [0, 0.1) is 0 Å². The maximum atomic E-state index is 11.1. The number of hydrogen-bond acceptors (Lipinski definition) is 3. The molecular weight excluding hydrogens is 168 g/mol. The van der Waals surface area contributed by atoms with Gasteiger partial charge in [-0.2, -0.15) is 0 Å². The zero-order valence-electron chi connectivity index (χ0n) is 8.79. The van der Waals surface area contributed by atoms with Crippen LogP contribution in [0.2, 0.25) is 0 Å². The third-order valence-corrected chi connectivity index (χ3v) is 1.34. The predicted molar refractivity (Wildman–Crippen MR) is 51.2 cm³/mol. The zero-order valence-corrected chi connectivity index (χ0v) is 8.79. The molecule has 0 aliphatic carbocycles. The van der Waals surface area contributed by atoms with E-state index >= 15 is 0 Å². The van der Waals surface area contributed by atoms with Crippen molar-refractivity contribution in [2.24, 2.45) is 0 Å². The first-order valence-corrected chi connectivity index (χ1v) is 4.49. The fourth-order valence-corrected chi connectivity index (χ4v) is 0.731. The maximum absolute atomic E-state index is 11.1. The Labute approximate surface area is 79.7 Å². The number of carbonyl (C=O) groups excluding carboxylic acids is 1. The minimum absolute atomic E-state index is 0.0582. The number of ether oxygens (including phenoxy) is 2. The van der Waals surface area contributed by atoms with Gasteiger partial charge in [-0.05, 0) is 20.8 Å². The van der Waals surface area contributed by atoms with Crippen LogP contribution in [0.1, 0.15) is 34.1 Å². The topological polar surface area (TPSA) is 35.5 Å². The van der Waals surface area contributed by atoms with Gasteiger partial charge in [0.25, 0.3) is 0 Å². The third-order valence-electron chi connectivity index (χ3n) is 1.34. The lowest BCUT2D eigenvalue weighted by molar-refractivity contribution is -0.182. The van der Waals surface area contributed by atoms with Gasteiger partial charge in [0.15, 0.2) is 0 Å². The summed E-state index contributed by atoms with van der Waals surface area (Å²) in [5, 5.41) is 0. The minimum atomic E-state index is -0.454. The van der Waals surface area contributed by atoms with Crippen molar-refractivity contribution in [1.82, 2.24) is 0 Å². The number of rotatable bonds is 5. The molecule has 0 saturated heterocycles. The molecule has 0 fully saturated rings. The van der Waals surface area contributed by atoms with Gasteiger partial charge >= 0.3 is 5.97 Å². The van der Waals surface area contributed by atoms with Crippen LogP contribution in [0.15, 0.2) is 12.2 Å². The molecular formula is C10H18O3. The first kappa shape index (κ1) is 12.2. The van der Waals surface area contributed by atoms with Crippen molar-refractivity contribution in [2.75, 3.05) is 0 Å². The highest BCUT2D eigenvalue weighted by Crippen LogP contribution is 2.06. The molecule has 3 nitrogen and oxygen atoms in total. The standard InChI is InChI=1S/C10H18O3/c1-6-9(12-8(4)5)13-10(11)7(2)3/h8-9H,2,6H2,1,3-5H3. The molecule has 0 radical (unpaired) electrons. The molecule has 0 aromatic carbocycles. The summed E-state index contributed by atoms with van der Waals surface area (Å²) in [6.45, 7) is 10.8. The second kappa shape index (κ2) is 5.75.